The molecule has 2 N–H and O–H groups in total. The van der Waals surface area contributed by atoms with Crippen molar-refractivity contribution in [2.75, 3.05) is 11.9 Å². The highest BCUT2D eigenvalue weighted by molar-refractivity contribution is 9.10. The van der Waals surface area contributed by atoms with Gasteiger partial charge in [0.15, 0.2) is 6.61 Å². The van der Waals surface area contributed by atoms with Gasteiger partial charge in [-0.05, 0) is 36.7 Å². The number of aromatic carboxylic acids is 1. The summed E-state index contributed by atoms with van der Waals surface area (Å²) in [5, 5.41) is 11.8. The van der Waals surface area contributed by atoms with E-state index in [1.54, 1.807) is 25.1 Å². The first-order chi connectivity index (χ1) is 9.97. The number of halogens is 1. The van der Waals surface area contributed by atoms with E-state index in [9.17, 15) is 9.59 Å². The van der Waals surface area contributed by atoms with E-state index >= 15 is 0 Å². The van der Waals surface area contributed by atoms with Gasteiger partial charge in [0, 0.05) is 4.47 Å². The molecule has 0 radical (unpaired) electrons. The van der Waals surface area contributed by atoms with Gasteiger partial charge in [-0.1, -0.05) is 22.0 Å². The summed E-state index contributed by atoms with van der Waals surface area (Å²) in [4.78, 5) is 22.9. The zero-order valence-corrected chi connectivity index (χ0v) is 13.3. The molecule has 0 aliphatic rings. The highest BCUT2D eigenvalue weighted by Crippen LogP contribution is 2.24. The number of carbonyl (C=O) groups is 2. The summed E-state index contributed by atoms with van der Waals surface area (Å²) in [5.74, 6) is -1.02. The Morgan fingerprint density at radius 3 is 2.90 bits per heavy atom. The minimum atomic E-state index is -1.12. The van der Waals surface area contributed by atoms with Crippen LogP contribution in [0.2, 0.25) is 0 Å². The monoisotopic (exact) mass is 370 g/mol. The highest BCUT2D eigenvalue weighted by atomic mass is 79.9. The number of carboxylic acids is 1. The minimum Gasteiger partial charge on any atom is -0.484 e. The number of benzene rings is 1. The second-order valence-corrected chi connectivity index (χ2v) is 5.76. The molecule has 6 nitrogen and oxygen atoms in total. The van der Waals surface area contributed by atoms with Crippen molar-refractivity contribution >= 4 is 44.3 Å². The molecule has 0 spiro atoms. The van der Waals surface area contributed by atoms with Crippen molar-refractivity contribution in [1.29, 1.82) is 0 Å². The summed E-state index contributed by atoms with van der Waals surface area (Å²) in [7, 11) is 0. The van der Waals surface area contributed by atoms with E-state index < -0.39 is 11.9 Å². The molecule has 0 unspecified atom stereocenters. The molecule has 2 rings (SSSR count). The Kier molecular flexibility index (Phi) is 4.92. The van der Waals surface area contributed by atoms with Crippen LogP contribution >= 0.6 is 27.5 Å². The Bertz CT molecular complexity index is 687. The number of hydrogen-bond acceptors (Lipinski definition) is 5. The molecule has 0 bridgehead atoms. The van der Waals surface area contributed by atoms with E-state index in [0.717, 1.165) is 16.0 Å². The minimum absolute atomic E-state index is 0.0100. The fraction of sp³-hybridized carbons (Fsp3) is 0.154. The topological polar surface area (TPSA) is 88.5 Å². The number of rotatable bonds is 5. The third-order valence-corrected chi connectivity index (χ3v) is 3.84. The Morgan fingerprint density at radius 2 is 2.24 bits per heavy atom. The van der Waals surface area contributed by atoms with Crippen molar-refractivity contribution < 1.29 is 19.4 Å². The number of hydrogen-bond donors (Lipinski definition) is 2. The lowest BCUT2D eigenvalue weighted by molar-refractivity contribution is -0.118. The SMILES string of the molecule is Cc1nsc(NC(=O)COc2cccc(Br)c2)c1C(=O)O. The molecule has 1 aromatic carbocycles. The Labute approximate surface area is 133 Å². The van der Waals surface area contributed by atoms with E-state index in [1.807, 2.05) is 6.07 Å². The summed E-state index contributed by atoms with van der Waals surface area (Å²) in [6.45, 7) is 1.36. The average molecular weight is 371 g/mol. The van der Waals surface area contributed by atoms with Crippen molar-refractivity contribution in [2.24, 2.45) is 0 Å². The van der Waals surface area contributed by atoms with Crippen LogP contribution in [0.15, 0.2) is 28.7 Å². The van der Waals surface area contributed by atoms with Gasteiger partial charge < -0.3 is 15.2 Å². The zero-order valence-electron chi connectivity index (χ0n) is 10.9. The molecule has 1 amide bonds. The maximum atomic E-state index is 11.8. The van der Waals surface area contributed by atoms with Crippen LogP contribution in [0.25, 0.3) is 0 Å². The van der Waals surface area contributed by atoms with Gasteiger partial charge in [-0.3, -0.25) is 4.79 Å². The number of carbonyl (C=O) groups excluding carboxylic acids is 1. The van der Waals surface area contributed by atoms with Crippen LogP contribution in [0.4, 0.5) is 5.00 Å². The molecular weight excluding hydrogens is 360 g/mol. The van der Waals surface area contributed by atoms with Crippen LogP contribution in [0.5, 0.6) is 5.75 Å². The van der Waals surface area contributed by atoms with Crippen LogP contribution in [0.3, 0.4) is 0 Å². The normalized spacial score (nSPS) is 10.2. The van der Waals surface area contributed by atoms with Crippen LogP contribution < -0.4 is 10.1 Å². The Morgan fingerprint density at radius 1 is 1.48 bits per heavy atom. The van der Waals surface area contributed by atoms with E-state index in [1.165, 1.54) is 0 Å². The second kappa shape index (κ2) is 6.68. The smallest absolute Gasteiger partial charge is 0.340 e. The standard InChI is InChI=1S/C13H11BrN2O4S/c1-7-11(13(18)19)12(21-16-7)15-10(17)6-20-9-4-2-3-8(14)5-9/h2-5H,6H2,1H3,(H,15,17)(H,18,19). The van der Waals surface area contributed by atoms with Crippen molar-refractivity contribution in [3.05, 3.63) is 40.0 Å². The van der Waals surface area contributed by atoms with Gasteiger partial charge in [-0.2, -0.15) is 4.37 Å². The van der Waals surface area contributed by atoms with Crippen molar-refractivity contribution in [3.8, 4) is 5.75 Å². The van der Waals surface area contributed by atoms with E-state index in [4.69, 9.17) is 9.84 Å². The molecule has 0 aliphatic carbocycles. The van der Waals surface area contributed by atoms with Gasteiger partial charge in [0.2, 0.25) is 0 Å². The molecule has 0 saturated carbocycles. The second-order valence-electron chi connectivity index (χ2n) is 4.07. The molecule has 1 heterocycles. The van der Waals surface area contributed by atoms with Gasteiger partial charge in [-0.15, -0.1) is 0 Å². The van der Waals surface area contributed by atoms with E-state index in [-0.39, 0.29) is 17.2 Å². The summed E-state index contributed by atoms with van der Waals surface area (Å²) in [6, 6.07) is 7.07. The van der Waals surface area contributed by atoms with Gasteiger partial charge in [0.25, 0.3) is 5.91 Å². The van der Waals surface area contributed by atoms with E-state index in [2.05, 4.69) is 25.6 Å². The van der Waals surface area contributed by atoms with Crippen LogP contribution in [0, 0.1) is 6.92 Å². The fourth-order valence-electron chi connectivity index (χ4n) is 1.58. The average Bonchev–Trinajstić information content (AvgIpc) is 2.77. The fourth-order valence-corrected chi connectivity index (χ4v) is 2.76. The maximum Gasteiger partial charge on any atom is 0.340 e. The number of ether oxygens (including phenoxy) is 1. The third-order valence-electron chi connectivity index (χ3n) is 2.50. The largest absolute Gasteiger partial charge is 0.484 e. The number of nitrogens with one attached hydrogen (secondary N) is 1. The van der Waals surface area contributed by atoms with Gasteiger partial charge in [0.1, 0.15) is 16.3 Å². The van der Waals surface area contributed by atoms with Crippen LogP contribution in [-0.4, -0.2) is 28.0 Å². The Balaban J connectivity index is 1.98. The number of aryl methyl sites for hydroxylation is 1. The van der Waals surface area contributed by atoms with Crippen molar-refractivity contribution in [1.82, 2.24) is 4.37 Å². The predicted molar refractivity (Wildman–Crippen MR) is 82.1 cm³/mol. The summed E-state index contributed by atoms with van der Waals surface area (Å²) < 4.78 is 10.1. The molecule has 110 valence electrons. The summed E-state index contributed by atoms with van der Waals surface area (Å²) in [6.07, 6.45) is 0. The molecule has 0 fully saturated rings. The molecule has 0 atom stereocenters. The molecule has 1 aromatic heterocycles. The quantitative estimate of drug-likeness (QED) is 0.844. The first kappa shape index (κ1) is 15.5. The summed E-state index contributed by atoms with van der Waals surface area (Å²) >= 11 is 4.23. The van der Waals surface area contributed by atoms with Gasteiger partial charge >= 0.3 is 5.97 Å². The first-order valence-corrected chi connectivity index (χ1v) is 7.42. The summed E-state index contributed by atoms with van der Waals surface area (Å²) in [5.41, 5.74) is 0.381. The van der Waals surface area contributed by atoms with Crippen molar-refractivity contribution in [3.63, 3.8) is 0 Å². The number of aromatic nitrogens is 1. The number of amides is 1. The predicted octanol–water partition coefficient (Wildman–Crippen LogP) is 2.93. The lowest BCUT2D eigenvalue weighted by atomic mass is 10.2. The molecule has 0 aliphatic heterocycles. The van der Waals surface area contributed by atoms with E-state index in [0.29, 0.717) is 11.4 Å². The highest BCUT2D eigenvalue weighted by Gasteiger charge is 2.19. The molecular formula is C13H11BrN2O4S. The lowest BCUT2D eigenvalue weighted by Crippen LogP contribution is -2.20. The molecule has 2 aromatic rings. The van der Waals surface area contributed by atoms with Crippen LogP contribution in [0.1, 0.15) is 16.1 Å². The third kappa shape index (κ3) is 4.02. The van der Waals surface area contributed by atoms with Crippen molar-refractivity contribution in [2.45, 2.75) is 6.92 Å². The Hall–Kier alpha value is -1.93. The van der Waals surface area contributed by atoms with Gasteiger partial charge in [0.05, 0.1) is 5.69 Å². The lowest BCUT2D eigenvalue weighted by Gasteiger charge is -2.07. The molecule has 21 heavy (non-hydrogen) atoms. The zero-order chi connectivity index (χ0) is 15.4. The number of anilines is 1. The van der Waals surface area contributed by atoms with Crippen LogP contribution in [-0.2, 0) is 4.79 Å². The first-order valence-electron chi connectivity index (χ1n) is 5.85. The van der Waals surface area contributed by atoms with Gasteiger partial charge in [-0.25, -0.2) is 4.79 Å². The molecule has 8 heteroatoms. The number of carboxylic acid groups (broad SMARTS) is 1. The molecule has 0 saturated heterocycles. The number of nitrogens with zero attached hydrogens (tertiary/aromatic N) is 1. The maximum absolute atomic E-state index is 11.8.